The summed E-state index contributed by atoms with van der Waals surface area (Å²) in [5.74, 6) is 2.01. The molecule has 1 atom stereocenters. The molecular formula is C15H20N4OS. The zero-order valence-corrected chi connectivity index (χ0v) is 13.0. The third-order valence-electron chi connectivity index (χ3n) is 4.24. The highest BCUT2D eigenvalue weighted by Crippen LogP contribution is 2.25. The number of fused-ring (bicyclic) bond motifs is 1. The first-order valence-corrected chi connectivity index (χ1v) is 8.32. The van der Waals surface area contributed by atoms with Crippen molar-refractivity contribution in [1.82, 2.24) is 14.9 Å². The number of carbonyl (C=O) groups excluding carboxylic acids is 1. The molecule has 1 amide bonds. The molecule has 1 aliphatic rings. The molecule has 1 saturated heterocycles. The van der Waals surface area contributed by atoms with Crippen molar-refractivity contribution in [3.63, 3.8) is 0 Å². The Labute approximate surface area is 128 Å². The molecule has 6 heteroatoms. The van der Waals surface area contributed by atoms with Gasteiger partial charge in [0, 0.05) is 13.0 Å². The summed E-state index contributed by atoms with van der Waals surface area (Å²) in [5, 5.41) is 2.86. The summed E-state index contributed by atoms with van der Waals surface area (Å²) >= 11 is 1.55. The lowest BCUT2D eigenvalue weighted by atomic mass is 9.98. The number of rotatable bonds is 3. The zero-order chi connectivity index (χ0) is 14.8. The standard InChI is InChI=1S/C15H20N4OS/c1-2-10-3-4-13(20)19(7-5-10)9-12-17-14(16)11-6-8-21-15(11)18-12/h6,8,10H,2-5,7,9H2,1H3,(H2,16,17,18). The van der Waals surface area contributed by atoms with Crippen molar-refractivity contribution in [1.29, 1.82) is 0 Å². The SMILES string of the molecule is CCC1CCC(=O)N(Cc2nc(N)c3ccsc3n2)CC1. The Hall–Kier alpha value is -1.69. The van der Waals surface area contributed by atoms with Gasteiger partial charge in [-0.1, -0.05) is 13.3 Å². The van der Waals surface area contributed by atoms with Gasteiger partial charge < -0.3 is 10.6 Å². The van der Waals surface area contributed by atoms with E-state index in [1.54, 1.807) is 11.3 Å². The maximum atomic E-state index is 12.2. The molecule has 0 saturated carbocycles. The highest BCUT2D eigenvalue weighted by molar-refractivity contribution is 7.16. The average Bonchev–Trinajstić information content (AvgIpc) is 2.87. The molecule has 3 rings (SSSR count). The van der Waals surface area contributed by atoms with Crippen LogP contribution in [0.3, 0.4) is 0 Å². The number of likely N-dealkylation sites (tertiary alicyclic amines) is 1. The summed E-state index contributed by atoms with van der Waals surface area (Å²) in [7, 11) is 0. The van der Waals surface area contributed by atoms with E-state index >= 15 is 0 Å². The van der Waals surface area contributed by atoms with Gasteiger partial charge in [-0.25, -0.2) is 9.97 Å². The molecule has 5 nitrogen and oxygen atoms in total. The van der Waals surface area contributed by atoms with E-state index in [9.17, 15) is 4.79 Å². The Bertz CT molecular complexity index is 654. The third-order valence-corrected chi connectivity index (χ3v) is 5.04. The fourth-order valence-electron chi connectivity index (χ4n) is 2.83. The number of carbonyl (C=O) groups is 1. The zero-order valence-electron chi connectivity index (χ0n) is 12.2. The van der Waals surface area contributed by atoms with E-state index in [-0.39, 0.29) is 5.91 Å². The molecule has 1 unspecified atom stereocenters. The largest absolute Gasteiger partial charge is 0.383 e. The number of hydrogen-bond donors (Lipinski definition) is 1. The van der Waals surface area contributed by atoms with Crippen LogP contribution in [0.2, 0.25) is 0 Å². The Morgan fingerprint density at radius 2 is 2.29 bits per heavy atom. The lowest BCUT2D eigenvalue weighted by Crippen LogP contribution is -2.30. The molecule has 0 radical (unpaired) electrons. The topological polar surface area (TPSA) is 72.1 Å². The highest BCUT2D eigenvalue weighted by atomic mass is 32.1. The van der Waals surface area contributed by atoms with Crippen LogP contribution in [0, 0.1) is 5.92 Å². The van der Waals surface area contributed by atoms with E-state index in [1.807, 2.05) is 16.3 Å². The van der Waals surface area contributed by atoms with Crippen LogP contribution in [0.4, 0.5) is 5.82 Å². The number of nitrogens with zero attached hydrogens (tertiary/aromatic N) is 3. The lowest BCUT2D eigenvalue weighted by Gasteiger charge is -2.20. The second-order valence-corrected chi connectivity index (χ2v) is 6.48. The van der Waals surface area contributed by atoms with Crippen LogP contribution in [0.5, 0.6) is 0 Å². The van der Waals surface area contributed by atoms with Crippen molar-refractivity contribution in [2.75, 3.05) is 12.3 Å². The van der Waals surface area contributed by atoms with Crippen molar-refractivity contribution >= 4 is 33.3 Å². The second kappa shape index (κ2) is 5.97. The first kappa shape index (κ1) is 14.3. The van der Waals surface area contributed by atoms with Crippen LogP contribution in [-0.4, -0.2) is 27.3 Å². The normalized spacial score (nSPS) is 20.0. The Morgan fingerprint density at radius 1 is 1.43 bits per heavy atom. The Kier molecular flexibility index (Phi) is 4.05. The van der Waals surface area contributed by atoms with E-state index in [0.717, 1.165) is 36.0 Å². The van der Waals surface area contributed by atoms with Crippen molar-refractivity contribution in [2.24, 2.45) is 5.92 Å². The van der Waals surface area contributed by atoms with E-state index < -0.39 is 0 Å². The minimum absolute atomic E-state index is 0.208. The van der Waals surface area contributed by atoms with Crippen LogP contribution in [0.25, 0.3) is 10.2 Å². The first-order valence-electron chi connectivity index (χ1n) is 7.44. The Balaban J connectivity index is 1.79. The van der Waals surface area contributed by atoms with Crippen molar-refractivity contribution < 1.29 is 4.79 Å². The predicted molar refractivity (Wildman–Crippen MR) is 84.9 cm³/mol. The van der Waals surface area contributed by atoms with Gasteiger partial charge in [-0.2, -0.15) is 0 Å². The summed E-state index contributed by atoms with van der Waals surface area (Å²) in [6.07, 6.45) is 3.85. The van der Waals surface area contributed by atoms with Crippen LogP contribution >= 0.6 is 11.3 Å². The third kappa shape index (κ3) is 3.00. The van der Waals surface area contributed by atoms with E-state index in [1.165, 1.54) is 0 Å². The maximum Gasteiger partial charge on any atom is 0.222 e. The van der Waals surface area contributed by atoms with Gasteiger partial charge in [-0.3, -0.25) is 4.79 Å². The minimum atomic E-state index is 0.208. The fraction of sp³-hybridized carbons (Fsp3) is 0.533. The molecule has 2 N–H and O–H groups in total. The minimum Gasteiger partial charge on any atom is -0.383 e. The van der Waals surface area contributed by atoms with Gasteiger partial charge >= 0.3 is 0 Å². The lowest BCUT2D eigenvalue weighted by molar-refractivity contribution is -0.131. The predicted octanol–water partition coefficient (Wildman–Crippen LogP) is 2.81. The number of nitrogens with two attached hydrogens (primary N) is 1. The molecule has 0 aliphatic carbocycles. The van der Waals surface area contributed by atoms with Crippen LogP contribution in [0.15, 0.2) is 11.4 Å². The highest BCUT2D eigenvalue weighted by Gasteiger charge is 2.22. The molecule has 1 fully saturated rings. The summed E-state index contributed by atoms with van der Waals surface area (Å²) in [6, 6.07) is 1.93. The van der Waals surface area contributed by atoms with Gasteiger partial charge in [0.05, 0.1) is 11.9 Å². The summed E-state index contributed by atoms with van der Waals surface area (Å²) in [4.78, 5) is 23.9. The summed E-state index contributed by atoms with van der Waals surface area (Å²) < 4.78 is 0. The van der Waals surface area contributed by atoms with E-state index in [4.69, 9.17) is 5.73 Å². The molecule has 1 aliphatic heterocycles. The van der Waals surface area contributed by atoms with Crippen molar-refractivity contribution in [2.45, 2.75) is 39.2 Å². The summed E-state index contributed by atoms with van der Waals surface area (Å²) in [6.45, 7) is 3.45. The smallest absolute Gasteiger partial charge is 0.222 e. The van der Waals surface area contributed by atoms with Crippen LogP contribution in [0.1, 0.15) is 38.4 Å². The molecule has 0 bridgehead atoms. The number of amides is 1. The van der Waals surface area contributed by atoms with E-state index in [0.29, 0.717) is 30.5 Å². The van der Waals surface area contributed by atoms with Crippen molar-refractivity contribution in [3.05, 3.63) is 17.3 Å². The molecule has 2 aromatic heterocycles. The second-order valence-electron chi connectivity index (χ2n) is 5.58. The molecule has 21 heavy (non-hydrogen) atoms. The van der Waals surface area contributed by atoms with Crippen LogP contribution < -0.4 is 5.73 Å². The average molecular weight is 304 g/mol. The van der Waals surface area contributed by atoms with E-state index in [2.05, 4.69) is 16.9 Å². The number of anilines is 1. The molecule has 112 valence electrons. The van der Waals surface area contributed by atoms with Crippen LogP contribution in [-0.2, 0) is 11.3 Å². The molecule has 2 aromatic rings. The number of aromatic nitrogens is 2. The maximum absolute atomic E-state index is 12.2. The molecular weight excluding hydrogens is 284 g/mol. The molecule has 3 heterocycles. The summed E-state index contributed by atoms with van der Waals surface area (Å²) in [5.41, 5.74) is 5.97. The molecule has 0 spiro atoms. The van der Waals surface area contributed by atoms with Gasteiger partial charge in [-0.15, -0.1) is 11.3 Å². The fourth-order valence-corrected chi connectivity index (χ4v) is 3.63. The van der Waals surface area contributed by atoms with Crippen molar-refractivity contribution in [3.8, 4) is 0 Å². The quantitative estimate of drug-likeness (QED) is 0.946. The molecule has 0 aromatic carbocycles. The number of hydrogen-bond acceptors (Lipinski definition) is 5. The van der Waals surface area contributed by atoms with Gasteiger partial charge in [0.1, 0.15) is 10.6 Å². The van der Waals surface area contributed by atoms with Gasteiger partial charge in [0.2, 0.25) is 5.91 Å². The van der Waals surface area contributed by atoms with Gasteiger partial charge in [0.25, 0.3) is 0 Å². The Morgan fingerprint density at radius 3 is 3.10 bits per heavy atom. The first-order chi connectivity index (χ1) is 10.2. The van der Waals surface area contributed by atoms with Gasteiger partial charge in [0.15, 0.2) is 5.82 Å². The van der Waals surface area contributed by atoms with Gasteiger partial charge in [-0.05, 0) is 30.2 Å². The number of nitrogen functional groups attached to an aromatic ring is 1. The monoisotopic (exact) mass is 304 g/mol. The number of thiophene rings is 1.